The predicted octanol–water partition coefficient (Wildman–Crippen LogP) is 2.66. The quantitative estimate of drug-likeness (QED) is 0.826. The van der Waals surface area contributed by atoms with Crippen molar-refractivity contribution < 1.29 is 9.53 Å². The van der Waals surface area contributed by atoms with Crippen molar-refractivity contribution in [3.8, 4) is 5.75 Å². The summed E-state index contributed by atoms with van der Waals surface area (Å²) in [5, 5.41) is 2.86. The molecule has 0 fully saturated rings. The number of hydrogen-bond acceptors (Lipinski definition) is 3. The van der Waals surface area contributed by atoms with Crippen LogP contribution in [0, 0.1) is 0 Å². The zero-order chi connectivity index (χ0) is 15.8. The maximum Gasteiger partial charge on any atom is 0.222 e. The van der Waals surface area contributed by atoms with Gasteiger partial charge >= 0.3 is 0 Å². The highest BCUT2D eigenvalue weighted by Crippen LogP contribution is 2.13. The first-order valence-electron chi connectivity index (χ1n) is 7.44. The number of nitrogens with one attached hydrogen (secondary N) is 1. The van der Waals surface area contributed by atoms with E-state index in [2.05, 4.69) is 5.32 Å². The van der Waals surface area contributed by atoms with Crippen LogP contribution in [0.15, 0.2) is 60.7 Å². The Morgan fingerprint density at radius 1 is 1.09 bits per heavy atom. The van der Waals surface area contributed by atoms with Gasteiger partial charge in [-0.1, -0.05) is 48.5 Å². The first-order valence-corrected chi connectivity index (χ1v) is 7.44. The summed E-state index contributed by atoms with van der Waals surface area (Å²) >= 11 is 0. The molecule has 0 aliphatic rings. The lowest BCUT2D eigenvalue weighted by Crippen LogP contribution is -2.35. The third kappa shape index (κ3) is 5.22. The lowest BCUT2D eigenvalue weighted by molar-refractivity contribution is -0.121. The molecule has 0 aromatic heterocycles. The maximum absolute atomic E-state index is 11.9. The van der Waals surface area contributed by atoms with Crippen LogP contribution < -0.4 is 15.8 Å². The Balaban J connectivity index is 1.73. The fraction of sp³-hybridized carbons (Fsp3) is 0.278. The minimum absolute atomic E-state index is 0.0696. The van der Waals surface area contributed by atoms with Gasteiger partial charge in [-0.2, -0.15) is 0 Å². The van der Waals surface area contributed by atoms with Crippen LogP contribution in [0.4, 0.5) is 0 Å². The Kier molecular flexibility index (Phi) is 5.98. The van der Waals surface area contributed by atoms with Gasteiger partial charge < -0.3 is 15.8 Å². The van der Waals surface area contributed by atoms with E-state index in [1.165, 1.54) is 0 Å². The van der Waals surface area contributed by atoms with Crippen LogP contribution in [-0.2, 0) is 4.79 Å². The van der Waals surface area contributed by atoms with Gasteiger partial charge in [0.1, 0.15) is 11.9 Å². The zero-order valence-corrected chi connectivity index (χ0v) is 12.7. The van der Waals surface area contributed by atoms with E-state index in [1.807, 2.05) is 67.6 Å². The third-order valence-electron chi connectivity index (χ3n) is 3.30. The highest BCUT2D eigenvalue weighted by Gasteiger charge is 2.12. The van der Waals surface area contributed by atoms with Crippen molar-refractivity contribution in [2.75, 3.05) is 6.54 Å². The second kappa shape index (κ2) is 8.20. The van der Waals surface area contributed by atoms with Crippen molar-refractivity contribution in [2.24, 2.45) is 5.73 Å². The van der Waals surface area contributed by atoms with Gasteiger partial charge in [-0.3, -0.25) is 4.79 Å². The maximum atomic E-state index is 11.9. The molecule has 116 valence electrons. The minimum atomic E-state index is -0.286. The highest BCUT2D eigenvalue weighted by atomic mass is 16.5. The fourth-order valence-corrected chi connectivity index (χ4v) is 2.12. The number of hydrogen-bond donors (Lipinski definition) is 2. The SMILES string of the molecule is CC(CNC(=O)CC(N)c1ccccc1)Oc1ccccc1. The first-order chi connectivity index (χ1) is 10.6. The van der Waals surface area contributed by atoms with Crippen LogP contribution in [0.5, 0.6) is 5.75 Å². The van der Waals surface area contributed by atoms with E-state index in [1.54, 1.807) is 0 Å². The molecule has 0 radical (unpaired) electrons. The fourth-order valence-electron chi connectivity index (χ4n) is 2.12. The van der Waals surface area contributed by atoms with Gasteiger partial charge in [0.2, 0.25) is 5.91 Å². The van der Waals surface area contributed by atoms with Gasteiger partial charge in [-0.25, -0.2) is 0 Å². The van der Waals surface area contributed by atoms with Gasteiger partial charge in [0.05, 0.1) is 6.54 Å². The van der Waals surface area contributed by atoms with Crippen LogP contribution in [0.25, 0.3) is 0 Å². The van der Waals surface area contributed by atoms with Crippen LogP contribution in [0.1, 0.15) is 24.9 Å². The van der Waals surface area contributed by atoms with Gasteiger partial charge in [0.25, 0.3) is 0 Å². The van der Waals surface area contributed by atoms with Crippen molar-refractivity contribution in [1.82, 2.24) is 5.32 Å². The second-order valence-electron chi connectivity index (χ2n) is 5.27. The van der Waals surface area contributed by atoms with E-state index < -0.39 is 0 Å². The summed E-state index contributed by atoms with van der Waals surface area (Å²) in [6.07, 6.45) is 0.168. The van der Waals surface area contributed by atoms with E-state index in [9.17, 15) is 4.79 Å². The van der Waals surface area contributed by atoms with Gasteiger partial charge in [0, 0.05) is 12.5 Å². The molecular formula is C18H22N2O2. The molecule has 2 unspecified atom stereocenters. The smallest absolute Gasteiger partial charge is 0.222 e. The van der Waals surface area contributed by atoms with E-state index in [4.69, 9.17) is 10.5 Å². The Morgan fingerprint density at radius 3 is 2.32 bits per heavy atom. The van der Waals surface area contributed by atoms with Crippen molar-refractivity contribution >= 4 is 5.91 Å². The lowest BCUT2D eigenvalue weighted by Gasteiger charge is -2.16. The van der Waals surface area contributed by atoms with Gasteiger partial charge in [-0.15, -0.1) is 0 Å². The molecular weight excluding hydrogens is 276 g/mol. The van der Waals surface area contributed by atoms with E-state index >= 15 is 0 Å². The first kappa shape index (κ1) is 16.0. The number of nitrogens with two attached hydrogens (primary N) is 1. The summed E-state index contributed by atoms with van der Waals surface area (Å²) in [7, 11) is 0. The average Bonchev–Trinajstić information content (AvgIpc) is 2.55. The molecule has 0 saturated heterocycles. The van der Waals surface area contributed by atoms with E-state index in [0.717, 1.165) is 11.3 Å². The van der Waals surface area contributed by atoms with Crippen molar-refractivity contribution in [3.05, 3.63) is 66.2 Å². The van der Waals surface area contributed by atoms with Crippen LogP contribution in [0.2, 0.25) is 0 Å². The van der Waals surface area contributed by atoms with E-state index in [-0.39, 0.29) is 24.5 Å². The summed E-state index contributed by atoms with van der Waals surface area (Å²) in [5.41, 5.74) is 7.00. The molecule has 4 heteroatoms. The van der Waals surface area contributed by atoms with Gasteiger partial charge in [-0.05, 0) is 24.6 Å². The highest BCUT2D eigenvalue weighted by molar-refractivity contribution is 5.76. The molecule has 22 heavy (non-hydrogen) atoms. The number of amides is 1. The van der Waals surface area contributed by atoms with Crippen molar-refractivity contribution in [2.45, 2.75) is 25.5 Å². The number of carbonyl (C=O) groups is 1. The summed E-state index contributed by atoms with van der Waals surface area (Å²) in [4.78, 5) is 11.9. The average molecular weight is 298 g/mol. The predicted molar refractivity (Wildman–Crippen MR) is 87.5 cm³/mol. The molecule has 0 aliphatic carbocycles. The monoisotopic (exact) mass is 298 g/mol. The molecule has 0 bridgehead atoms. The van der Waals surface area contributed by atoms with Crippen molar-refractivity contribution in [1.29, 1.82) is 0 Å². The largest absolute Gasteiger partial charge is 0.489 e. The normalized spacial score (nSPS) is 13.2. The molecule has 3 N–H and O–H groups in total. The molecule has 0 heterocycles. The molecule has 2 aromatic carbocycles. The summed E-state index contributed by atoms with van der Waals surface area (Å²) in [6, 6.07) is 18.9. The zero-order valence-electron chi connectivity index (χ0n) is 12.7. The molecule has 0 aliphatic heterocycles. The number of ether oxygens (including phenoxy) is 1. The Bertz CT molecular complexity index is 572. The summed E-state index contributed by atoms with van der Waals surface area (Å²) < 4.78 is 5.71. The molecule has 0 saturated carbocycles. The Labute approximate surface area is 131 Å². The number of carbonyl (C=O) groups excluding carboxylic acids is 1. The van der Waals surface area contributed by atoms with Crippen LogP contribution in [-0.4, -0.2) is 18.6 Å². The number of rotatable bonds is 7. The lowest BCUT2D eigenvalue weighted by atomic mass is 10.0. The standard InChI is InChI=1S/C18H22N2O2/c1-14(22-16-10-6-3-7-11-16)13-20-18(21)12-17(19)15-8-4-2-5-9-15/h2-11,14,17H,12-13,19H2,1H3,(H,20,21). The number of benzene rings is 2. The molecule has 2 rings (SSSR count). The molecule has 4 nitrogen and oxygen atoms in total. The molecule has 2 atom stereocenters. The summed E-state index contributed by atoms with van der Waals surface area (Å²) in [6.45, 7) is 2.37. The van der Waals surface area contributed by atoms with Crippen molar-refractivity contribution in [3.63, 3.8) is 0 Å². The molecule has 2 aromatic rings. The molecule has 1 amide bonds. The van der Waals surface area contributed by atoms with E-state index in [0.29, 0.717) is 6.54 Å². The third-order valence-corrected chi connectivity index (χ3v) is 3.30. The topological polar surface area (TPSA) is 64.4 Å². The number of para-hydroxylation sites is 1. The summed E-state index contributed by atoms with van der Waals surface area (Å²) in [5.74, 6) is 0.727. The second-order valence-corrected chi connectivity index (χ2v) is 5.27. The minimum Gasteiger partial charge on any atom is -0.489 e. The van der Waals surface area contributed by atoms with Crippen LogP contribution in [0.3, 0.4) is 0 Å². The molecule has 0 spiro atoms. The Morgan fingerprint density at radius 2 is 1.68 bits per heavy atom. The van der Waals surface area contributed by atoms with Crippen LogP contribution >= 0.6 is 0 Å². The Hall–Kier alpha value is -2.33. The van der Waals surface area contributed by atoms with Gasteiger partial charge in [0.15, 0.2) is 0 Å².